The summed E-state index contributed by atoms with van der Waals surface area (Å²) < 4.78 is 4.90. The molecule has 2 aromatic heterocycles. The third kappa shape index (κ3) is 2.19. The van der Waals surface area contributed by atoms with Gasteiger partial charge in [0.05, 0.1) is 5.52 Å². The summed E-state index contributed by atoms with van der Waals surface area (Å²) in [7, 11) is 1.53. The van der Waals surface area contributed by atoms with E-state index in [1.807, 2.05) is 11.0 Å². The Labute approximate surface area is 115 Å². The summed E-state index contributed by atoms with van der Waals surface area (Å²) in [6, 6.07) is 1.82. The Morgan fingerprint density at radius 1 is 1.63 bits per heavy atom. The number of nitrogens with zero attached hydrogens (tertiary/aromatic N) is 2. The number of rotatable bonds is 2. The summed E-state index contributed by atoms with van der Waals surface area (Å²) in [5, 5.41) is 1.51. The van der Waals surface area contributed by atoms with Crippen LogP contribution in [0.25, 0.3) is 10.9 Å². The fourth-order valence-electron chi connectivity index (χ4n) is 2.51. The van der Waals surface area contributed by atoms with Crippen LogP contribution in [0.5, 0.6) is 0 Å². The molecule has 0 radical (unpaired) electrons. The van der Waals surface area contributed by atoms with E-state index in [1.165, 1.54) is 12.8 Å². The van der Waals surface area contributed by atoms with Crippen molar-refractivity contribution in [3.63, 3.8) is 0 Å². The number of H-pyrrole nitrogens is 1. The molecule has 6 heteroatoms. The van der Waals surface area contributed by atoms with Crippen LogP contribution in [0.15, 0.2) is 12.3 Å². The van der Waals surface area contributed by atoms with Crippen molar-refractivity contribution in [2.75, 3.05) is 20.3 Å². The molecule has 0 saturated heterocycles. The topological polar surface area (TPSA) is 58.2 Å². The number of aromatic nitrogens is 2. The maximum atomic E-state index is 11.9. The van der Waals surface area contributed by atoms with E-state index < -0.39 is 0 Å². The molecule has 0 fully saturated rings. The number of fused-ring (bicyclic) bond motifs is 3. The lowest BCUT2D eigenvalue weighted by atomic mass is 10.1. The lowest BCUT2D eigenvalue weighted by Gasteiger charge is -2.27. The number of nitrogens with one attached hydrogen (secondary N) is 1. The summed E-state index contributed by atoms with van der Waals surface area (Å²) in [5.41, 5.74) is 3.28. The average molecular weight is 280 g/mol. The molecule has 19 heavy (non-hydrogen) atoms. The molecule has 1 aliphatic rings. The van der Waals surface area contributed by atoms with Crippen LogP contribution in [0.1, 0.15) is 11.3 Å². The Bertz CT molecular complexity index is 638. The first-order valence-electron chi connectivity index (χ1n) is 6.10. The first kappa shape index (κ1) is 12.4. The standard InChI is InChI=1S/C13H14ClN3O2/c1-19-7-13(18)17-3-2-10-9(6-17)8-5-15-12(14)4-11(8)16-10/h4-5,16H,2-3,6-7H2,1H3. The van der Waals surface area contributed by atoms with Gasteiger partial charge >= 0.3 is 0 Å². The Kier molecular flexibility index (Phi) is 3.16. The highest BCUT2D eigenvalue weighted by atomic mass is 35.5. The molecule has 1 amide bonds. The van der Waals surface area contributed by atoms with Crippen LogP contribution in [-0.4, -0.2) is 41.0 Å². The number of amides is 1. The van der Waals surface area contributed by atoms with Crippen molar-refractivity contribution in [1.29, 1.82) is 0 Å². The SMILES string of the molecule is COCC(=O)N1CCc2[nH]c3cc(Cl)ncc3c2C1. The first-order chi connectivity index (χ1) is 9.19. The molecule has 3 heterocycles. The number of methoxy groups -OCH3 is 1. The Hall–Kier alpha value is -1.59. The van der Waals surface area contributed by atoms with Gasteiger partial charge in [-0.2, -0.15) is 0 Å². The second-order valence-corrected chi connectivity index (χ2v) is 5.02. The van der Waals surface area contributed by atoms with Crippen molar-refractivity contribution in [1.82, 2.24) is 14.9 Å². The number of aromatic amines is 1. The first-order valence-corrected chi connectivity index (χ1v) is 6.48. The van der Waals surface area contributed by atoms with Gasteiger partial charge in [0.1, 0.15) is 11.8 Å². The van der Waals surface area contributed by atoms with E-state index in [0.717, 1.165) is 22.9 Å². The minimum atomic E-state index is 0.0180. The zero-order valence-electron chi connectivity index (χ0n) is 10.6. The van der Waals surface area contributed by atoms with Gasteiger partial charge in [-0.05, 0) is 6.07 Å². The summed E-state index contributed by atoms with van der Waals surface area (Å²) in [6.45, 7) is 1.44. The predicted octanol–water partition coefficient (Wildman–Crippen LogP) is 1.75. The maximum absolute atomic E-state index is 11.9. The second-order valence-electron chi connectivity index (χ2n) is 4.63. The lowest BCUT2D eigenvalue weighted by molar-refractivity contribution is -0.136. The van der Waals surface area contributed by atoms with Crippen molar-refractivity contribution in [2.24, 2.45) is 0 Å². The van der Waals surface area contributed by atoms with Gasteiger partial charge in [0.2, 0.25) is 5.91 Å². The van der Waals surface area contributed by atoms with Crippen molar-refractivity contribution in [2.45, 2.75) is 13.0 Å². The Morgan fingerprint density at radius 3 is 3.26 bits per heavy atom. The molecular formula is C13H14ClN3O2. The molecule has 5 nitrogen and oxygen atoms in total. The fourth-order valence-corrected chi connectivity index (χ4v) is 2.67. The van der Waals surface area contributed by atoms with Crippen LogP contribution in [0.4, 0.5) is 0 Å². The average Bonchev–Trinajstić information content (AvgIpc) is 2.75. The highest BCUT2D eigenvalue weighted by Crippen LogP contribution is 2.28. The molecule has 0 spiro atoms. The van der Waals surface area contributed by atoms with Crippen LogP contribution in [0.3, 0.4) is 0 Å². The highest BCUT2D eigenvalue weighted by molar-refractivity contribution is 6.30. The van der Waals surface area contributed by atoms with Gasteiger partial charge in [0.25, 0.3) is 0 Å². The molecule has 1 N–H and O–H groups in total. The van der Waals surface area contributed by atoms with Crippen molar-refractivity contribution in [3.05, 3.63) is 28.7 Å². The molecule has 0 saturated carbocycles. The Balaban J connectivity index is 1.95. The van der Waals surface area contributed by atoms with Gasteiger partial charge in [0.15, 0.2) is 0 Å². The molecule has 0 aromatic carbocycles. The molecule has 0 unspecified atom stereocenters. The van der Waals surface area contributed by atoms with Crippen LogP contribution in [-0.2, 0) is 22.5 Å². The zero-order chi connectivity index (χ0) is 13.4. The molecule has 100 valence electrons. The molecule has 2 aromatic rings. The van der Waals surface area contributed by atoms with E-state index in [1.54, 1.807) is 6.20 Å². The lowest BCUT2D eigenvalue weighted by Crippen LogP contribution is -2.37. The second kappa shape index (κ2) is 4.83. The number of pyridine rings is 1. The number of halogens is 1. The zero-order valence-corrected chi connectivity index (χ0v) is 11.3. The van der Waals surface area contributed by atoms with Crippen molar-refractivity contribution < 1.29 is 9.53 Å². The van der Waals surface area contributed by atoms with E-state index in [4.69, 9.17) is 16.3 Å². The molecular weight excluding hydrogens is 266 g/mol. The minimum Gasteiger partial charge on any atom is -0.375 e. The summed E-state index contributed by atoms with van der Waals surface area (Å²) in [5.74, 6) is 0.0180. The van der Waals surface area contributed by atoms with Gasteiger partial charge < -0.3 is 14.6 Å². The van der Waals surface area contributed by atoms with E-state index in [-0.39, 0.29) is 12.5 Å². The smallest absolute Gasteiger partial charge is 0.248 e. The third-order valence-corrected chi connectivity index (χ3v) is 3.65. The number of hydrogen-bond acceptors (Lipinski definition) is 3. The van der Waals surface area contributed by atoms with Gasteiger partial charge in [0, 0.05) is 49.5 Å². The number of carbonyl (C=O) groups is 1. The van der Waals surface area contributed by atoms with Crippen molar-refractivity contribution in [3.8, 4) is 0 Å². The molecule has 0 bridgehead atoms. The fraction of sp³-hybridized carbons (Fsp3) is 0.385. The largest absolute Gasteiger partial charge is 0.375 e. The monoisotopic (exact) mass is 279 g/mol. The Morgan fingerprint density at radius 2 is 2.47 bits per heavy atom. The van der Waals surface area contributed by atoms with Crippen LogP contribution >= 0.6 is 11.6 Å². The summed E-state index contributed by atoms with van der Waals surface area (Å²) >= 11 is 5.89. The van der Waals surface area contributed by atoms with Gasteiger partial charge in [-0.15, -0.1) is 0 Å². The molecule has 0 aliphatic carbocycles. The van der Waals surface area contributed by atoms with E-state index in [2.05, 4.69) is 9.97 Å². The van der Waals surface area contributed by atoms with Gasteiger partial charge in [-0.1, -0.05) is 11.6 Å². The van der Waals surface area contributed by atoms with Gasteiger partial charge in [-0.3, -0.25) is 4.79 Å². The third-order valence-electron chi connectivity index (χ3n) is 3.45. The highest BCUT2D eigenvalue weighted by Gasteiger charge is 2.23. The van der Waals surface area contributed by atoms with Crippen LogP contribution in [0.2, 0.25) is 5.15 Å². The number of ether oxygens (including phenoxy) is 1. The van der Waals surface area contributed by atoms with E-state index in [0.29, 0.717) is 18.2 Å². The minimum absolute atomic E-state index is 0.0180. The van der Waals surface area contributed by atoms with Crippen LogP contribution < -0.4 is 0 Å². The maximum Gasteiger partial charge on any atom is 0.248 e. The normalized spacial score (nSPS) is 14.7. The van der Waals surface area contributed by atoms with Crippen LogP contribution in [0, 0.1) is 0 Å². The molecule has 1 aliphatic heterocycles. The van der Waals surface area contributed by atoms with E-state index in [9.17, 15) is 4.79 Å². The predicted molar refractivity (Wildman–Crippen MR) is 72.1 cm³/mol. The number of hydrogen-bond donors (Lipinski definition) is 1. The quantitative estimate of drug-likeness (QED) is 0.852. The summed E-state index contributed by atoms with van der Waals surface area (Å²) in [6.07, 6.45) is 2.58. The summed E-state index contributed by atoms with van der Waals surface area (Å²) in [4.78, 5) is 21.2. The van der Waals surface area contributed by atoms with Gasteiger partial charge in [-0.25, -0.2) is 4.98 Å². The van der Waals surface area contributed by atoms with Crippen molar-refractivity contribution >= 4 is 28.4 Å². The molecule has 3 rings (SSSR count). The number of carbonyl (C=O) groups excluding carboxylic acids is 1. The molecule has 0 atom stereocenters. The van der Waals surface area contributed by atoms with E-state index >= 15 is 0 Å².